The van der Waals surface area contributed by atoms with Gasteiger partial charge in [-0.25, -0.2) is 0 Å². The Labute approximate surface area is 117 Å². The summed E-state index contributed by atoms with van der Waals surface area (Å²) in [5.74, 6) is -0.506. The van der Waals surface area contributed by atoms with E-state index < -0.39 is 15.8 Å². The largest absolute Gasteiger partial charge is 0.394 e. The Balaban J connectivity index is 2.72. The lowest BCUT2D eigenvalue weighted by Crippen LogP contribution is -2.52. The minimum Gasteiger partial charge on any atom is -0.394 e. The van der Waals surface area contributed by atoms with Gasteiger partial charge in [-0.15, -0.1) is 0 Å². The van der Waals surface area contributed by atoms with E-state index in [-0.39, 0.29) is 13.0 Å². The number of aliphatic hydroxyl groups is 1. The van der Waals surface area contributed by atoms with E-state index >= 15 is 0 Å². The molecule has 100 valence electrons. The topological polar surface area (TPSA) is 49.3 Å². The van der Waals surface area contributed by atoms with Crippen LogP contribution in [0.4, 0.5) is 0 Å². The van der Waals surface area contributed by atoms with Gasteiger partial charge in [0, 0.05) is 6.42 Å². The van der Waals surface area contributed by atoms with E-state index in [1.165, 1.54) is 0 Å². The van der Waals surface area contributed by atoms with Crippen LogP contribution in [0.3, 0.4) is 0 Å². The Hall–Kier alpha value is -0.770. The van der Waals surface area contributed by atoms with Crippen LogP contribution in [0.1, 0.15) is 19.4 Å². The summed E-state index contributed by atoms with van der Waals surface area (Å²) < 4.78 is -1.55. The molecule has 0 atom stereocenters. The van der Waals surface area contributed by atoms with Gasteiger partial charge in [0.1, 0.15) is 0 Å². The van der Waals surface area contributed by atoms with E-state index in [1.807, 2.05) is 30.3 Å². The molecule has 0 aromatic heterocycles. The summed E-state index contributed by atoms with van der Waals surface area (Å²) in [7, 11) is 0. The van der Waals surface area contributed by atoms with Crippen LogP contribution >= 0.6 is 23.2 Å². The van der Waals surface area contributed by atoms with Crippen molar-refractivity contribution in [3.63, 3.8) is 0 Å². The first-order chi connectivity index (χ1) is 8.27. The molecule has 2 N–H and O–H groups in total. The molecule has 1 rings (SSSR count). The second-order valence-corrected chi connectivity index (χ2v) is 6.35. The van der Waals surface area contributed by atoms with Crippen LogP contribution in [-0.4, -0.2) is 27.5 Å². The van der Waals surface area contributed by atoms with E-state index in [2.05, 4.69) is 5.32 Å². The number of amides is 1. The van der Waals surface area contributed by atoms with Gasteiger partial charge in [-0.1, -0.05) is 53.5 Å². The Bertz CT molecular complexity index is 405. The molecule has 5 heteroatoms. The molecular formula is C13H17Cl2NO2. The molecule has 1 amide bonds. The highest BCUT2D eigenvalue weighted by atomic mass is 35.5. The maximum atomic E-state index is 12.0. The lowest BCUT2D eigenvalue weighted by Gasteiger charge is -2.28. The van der Waals surface area contributed by atoms with Crippen LogP contribution in [0.2, 0.25) is 0 Å². The standard InChI is InChI=1S/C13H17Cl2NO2/c1-12(2,9-17)16-11(18)13(14,15)8-10-6-4-3-5-7-10/h3-7,17H,8-9H2,1-2H3,(H,16,18). The van der Waals surface area contributed by atoms with Gasteiger partial charge in [-0.3, -0.25) is 4.79 Å². The quantitative estimate of drug-likeness (QED) is 0.817. The summed E-state index contributed by atoms with van der Waals surface area (Å²) >= 11 is 12.1. The van der Waals surface area contributed by atoms with Crippen molar-refractivity contribution < 1.29 is 9.90 Å². The molecule has 0 aliphatic rings. The zero-order chi connectivity index (χ0) is 13.8. The summed E-state index contributed by atoms with van der Waals surface area (Å²) in [4.78, 5) is 12.0. The van der Waals surface area contributed by atoms with Crippen molar-refractivity contribution in [2.24, 2.45) is 0 Å². The van der Waals surface area contributed by atoms with Gasteiger partial charge in [-0.2, -0.15) is 0 Å². The van der Waals surface area contributed by atoms with E-state index in [9.17, 15) is 4.79 Å². The van der Waals surface area contributed by atoms with Crippen molar-refractivity contribution in [2.45, 2.75) is 30.1 Å². The molecule has 1 aromatic rings. The predicted octanol–water partition coefficient (Wildman–Crippen LogP) is 2.29. The average Bonchev–Trinajstić information content (AvgIpc) is 2.29. The van der Waals surface area contributed by atoms with Gasteiger partial charge in [0.15, 0.2) is 4.33 Å². The van der Waals surface area contributed by atoms with Crippen molar-refractivity contribution in [1.29, 1.82) is 0 Å². The zero-order valence-electron chi connectivity index (χ0n) is 10.4. The lowest BCUT2D eigenvalue weighted by atomic mass is 10.1. The third-order valence-electron chi connectivity index (χ3n) is 2.45. The smallest absolute Gasteiger partial charge is 0.257 e. The molecule has 0 unspecified atom stereocenters. The number of hydrogen-bond acceptors (Lipinski definition) is 2. The second kappa shape index (κ2) is 5.91. The van der Waals surface area contributed by atoms with Crippen LogP contribution < -0.4 is 5.32 Å². The third-order valence-corrected chi connectivity index (χ3v) is 3.06. The Kier molecular flexibility index (Phi) is 5.02. The maximum absolute atomic E-state index is 12.0. The maximum Gasteiger partial charge on any atom is 0.257 e. The molecule has 1 aromatic carbocycles. The number of benzene rings is 1. The number of hydrogen-bond donors (Lipinski definition) is 2. The van der Waals surface area contributed by atoms with Gasteiger partial charge in [0.05, 0.1) is 12.1 Å². The molecule has 0 saturated carbocycles. The van der Waals surface area contributed by atoms with Gasteiger partial charge in [0.2, 0.25) is 0 Å². The lowest BCUT2D eigenvalue weighted by molar-refractivity contribution is -0.123. The molecule has 0 fully saturated rings. The van der Waals surface area contributed by atoms with Crippen LogP contribution in [-0.2, 0) is 11.2 Å². The van der Waals surface area contributed by atoms with Crippen molar-refractivity contribution in [3.05, 3.63) is 35.9 Å². The van der Waals surface area contributed by atoms with E-state index in [0.717, 1.165) is 5.56 Å². The summed E-state index contributed by atoms with van der Waals surface area (Å²) in [6.45, 7) is 3.20. The highest BCUT2D eigenvalue weighted by Gasteiger charge is 2.36. The van der Waals surface area contributed by atoms with Crippen LogP contribution in [0.5, 0.6) is 0 Å². The SMILES string of the molecule is CC(C)(CO)NC(=O)C(Cl)(Cl)Cc1ccccc1. The van der Waals surface area contributed by atoms with Crippen molar-refractivity contribution >= 4 is 29.1 Å². The number of rotatable bonds is 5. The molecule has 3 nitrogen and oxygen atoms in total. The van der Waals surface area contributed by atoms with Crippen LogP contribution in [0, 0.1) is 0 Å². The Morgan fingerprint density at radius 2 is 1.83 bits per heavy atom. The first kappa shape index (κ1) is 15.3. The highest BCUT2D eigenvalue weighted by molar-refractivity contribution is 6.58. The number of nitrogens with one attached hydrogen (secondary N) is 1. The number of alkyl halides is 2. The molecular weight excluding hydrogens is 273 g/mol. The van der Waals surface area contributed by atoms with Gasteiger partial charge >= 0.3 is 0 Å². The van der Waals surface area contributed by atoms with E-state index in [1.54, 1.807) is 13.8 Å². The van der Waals surface area contributed by atoms with E-state index in [0.29, 0.717) is 0 Å². The molecule has 0 aliphatic carbocycles. The number of halogens is 2. The Morgan fingerprint density at radius 3 is 2.33 bits per heavy atom. The first-order valence-corrected chi connectivity index (χ1v) is 6.38. The van der Waals surface area contributed by atoms with Crippen LogP contribution in [0.25, 0.3) is 0 Å². The van der Waals surface area contributed by atoms with Crippen LogP contribution in [0.15, 0.2) is 30.3 Å². The fraction of sp³-hybridized carbons (Fsp3) is 0.462. The van der Waals surface area contributed by atoms with Crippen molar-refractivity contribution in [2.75, 3.05) is 6.61 Å². The summed E-state index contributed by atoms with van der Waals surface area (Å²) in [5.41, 5.74) is 0.127. The average molecular weight is 290 g/mol. The molecule has 18 heavy (non-hydrogen) atoms. The predicted molar refractivity (Wildman–Crippen MR) is 73.9 cm³/mol. The molecule has 0 heterocycles. The fourth-order valence-corrected chi connectivity index (χ4v) is 1.77. The minimum absolute atomic E-state index is 0.187. The second-order valence-electron chi connectivity index (χ2n) is 4.86. The number of aliphatic hydroxyl groups excluding tert-OH is 1. The zero-order valence-corrected chi connectivity index (χ0v) is 11.9. The summed E-state index contributed by atoms with van der Waals surface area (Å²) in [6, 6.07) is 9.29. The first-order valence-electron chi connectivity index (χ1n) is 5.62. The number of carbonyl (C=O) groups excluding carboxylic acids is 1. The monoisotopic (exact) mass is 289 g/mol. The van der Waals surface area contributed by atoms with Gasteiger partial charge < -0.3 is 10.4 Å². The van der Waals surface area contributed by atoms with Gasteiger partial charge in [0.25, 0.3) is 5.91 Å². The molecule has 0 saturated heterocycles. The normalized spacial score (nSPS) is 12.3. The summed E-state index contributed by atoms with van der Waals surface area (Å²) in [5, 5.41) is 11.7. The molecule has 0 spiro atoms. The van der Waals surface area contributed by atoms with Crippen molar-refractivity contribution in [3.8, 4) is 0 Å². The molecule has 0 aliphatic heterocycles. The molecule has 0 bridgehead atoms. The van der Waals surface area contributed by atoms with E-state index in [4.69, 9.17) is 28.3 Å². The fourth-order valence-electron chi connectivity index (χ4n) is 1.37. The van der Waals surface area contributed by atoms with Gasteiger partial charge in [-0.05, 0) is 19.4 Å². The molecule has 0 radical (unpaired) electrons. The summed E-state index contributed by atoms with van der Waals surface area (Å²) in [6.07, 6.45) is 0.213. The minimum atomic E-state index is -1.55. The van der Waals surface area contributed by atoms with Crippen molar-refractivity contribution in [1.82, 2.24) is 5.32 Å². The Morgan fingerprint density at radius 1 is 1.28 bits per heavy atom. The number of carbonyl (C=O) groups is 1. The highest BCUT2D eigenvalue weighted by Crippen LogP contribution is 2.27. The third kappa shape index (κ3) is 4.48.